The number of amides is 3. The summed E-state index contributed by atoms with van der Waals surface area (Å²) >= 11 is 1.69. The number of carbonyl (C=O) groups is 3. The molecule has 0 radical (unpaired) electrons. The lowest BCUT2D eigenvalue weighted by atomic mass is 9.65. The smallest absolute Gasteiger partial charge is 0.251 e. The number of rotatable bonds is 13. The number of aliphatic hydroxyl groups is 1. The van der Waals surface area contributed by atoms with Crippen LogP contribution in [0.2, 0.25) is 0 Å². The van der Waals surface area contributed by atoms with Gasteiger partial charge < -0.3 is 19.8 Å². The van der Waals surface area contributed by atoms with Gasteiger partial charge in [0.15, 0.2) is 0 Å². The van der Waals surface area contributed by atoms with Crippen LogP contribution in [0, 0.1) is 37.5 Å². The number of thioether (sulfide) groups is 1. The number of anilines is 1. The molecule has 7 atom stereocenters. The standard InChI is InChI=1S/C34H49N3O4S/c1-9-15-35(16-10-2)31(39)27-26-19-24(8)34(42-26)28(27)32(40)37(25(20-38)18-21(4)5)30(34)33(41)36(17-11-3)29-22(6)13-12-14-23(29)7/h9,11-14,21,24-28,30,38H,1,3,10,15-20H2,2,4-8H3/t24?,25-,26+,27-,28+,30?,34?/m1/s1. The highest BCUT2D eigenvalue weighted by Crippen LogP contribution is 2.69. The average molecular weight is 596 g/mol. The van der Waals surface area contributed by atoms with Crippen molar-refractivity contribution in [3.05, 3.63) is 54.6 Å². The number of fused-ring (bicyclic) bond motifs is 1. The van der Waals surface area contributed by atoms with Crippen molar-refractivity contribution in [2.45, 2.75) is 82.9 Å². The first-order valence-electron chi connectivity index (χ1n) is 15.5. The molecule has 2 bridgehead atoms. The third-order valence-electron chi connectivity index (χ3n) is 9.49. The van der Waals surface area contributed by atoms with E-state index >= 15 is 4.79 Å². The van der Waals surface area contributed by atoms with Gasteiger partial charge in [-0.2, -0.15) is 0 Å². The minimum atomic E-state index is -0.799. The van der Waals surface area contributed by atoms with Gasteiger partial charge in [-0.25, -0.2) is 0 Å². The van der Waals surface area contributed by atoms with E-state index in [-0.39, 0.29) is 41.4 Å². The largest absolute Gasteiger partial charge is 0.394 e. The summed E-state index contributed by atoms with van der Waals surface area (Å²) < 4.78 is -0.758. The fraction of sp³-hybridized carbons (Fsp3) is 0.618. The molecule has 0 aliphatic carbocycles. The van der Waals surface area contributed by atoms with E-state index in [1.54, 1.807) is 33.7 Å². The fourth-order valence-corrected chi connectivity index (χ4v) is 10.4. The number of hydrogen-bond donors (Lipinski definition) is 1. The molecule has 3 fully saturated rings. The summed E-state index contributed by atoms with van der Waals surface area (Å²) in [4.78, 5) is 49.3. The lowest BCUT2D eigenvalue weighted by molar-refractivity contribution is -0.145. The van der Waals surface area contributed by atoms with E-state index in [4.69, 9.17) is 0 Å². The molecule has 8 heteroatoms. The van der Waals surface area contributed by atoms with E-state index < -0.39 is 28.7 Å². The van der Waals surface area contributed by atoms with Crippen LogP contribution < -0.4 is 4.90 Å². The summed E-state index contributed by atoms with van der Waals surface area (Å²) in [6.07, 6.45) is 5.62. The molecule has 42 heavy (non-hydrogen) atoms. The Labute approximate surface area is 256 Å². The van der Waals surface area contributed by atoms with Crippen molar-refractivity contribution in [3.8, 4) is 0 Å². The molecule has 1 aromatic rings. The predicted molar refractivity (Wildman–Crippen MR) is 171 cm³/mol. The Hall–Kier alpha value is -2.58. The fourth-order valence-electron chi connectivity index (χ4n) is 7.96. The molecular weight excluding hydrogens is 546 g/mol. The second kappa shape index (κ2) is 13.0. The molecule has 3 saturated heterocycles. The normalized spacial score (nSPS) is 28.6. The zero-order valence-corrected chi connectivity index (χ0v) is 27.0. The van der Waals surface area contributed by atoms with Crippen molar-refractivity contribution in [2.24, 2.45) is 23.7 Å². The Morgan fingerprint density at radius 2 is 1.81 bits per heavy atom. The quantitative estimate of drug-likeness (QED) is 0.325. The van der Waals surface area contributed by atoms with Crippen molar-refractivity contribution in [3.63, 3.8) is 0 Å². The molecule has 3 amide bonds. The number of hydrogen-bond acceptors (Lipinski definition) is 5. The molecule has 3 heterocycles. The second-order valence-corrected chi connectivity index (χ2v) is 14.4. The van der Waals surface area contributed by atoms with Crippen LogP contribution in [0.5, 0.6) is 0 Å². The Balaban J connectivity index is 1.89. The van der Waals surface area contributed by atoms with Crippen LogP contribution in [0.25, 0.3) is 0 Å². The van der Waals surface area contributed by atoms with Crippen molar-refractivity contribution in [1.82, 2.24) is 9.80 Å². The molecule has 1 N–H and O–H groups in total. The van der Waals surface area contributed by atoms with Crippen molar-refractivity contribution < 1.29 is 19.5 Å². The van der Waals surface area contributed by atoms with Crippen LogP contribution in [-0.4, -0.2) is 80.9 Å². The zero-order valence-electron chi connectivity index (χ0n) is 26.2. The van der Waals surface area contributed by atoms with Crippen LogP contribution >= 0.6 is 11.8 Å². The maximum Gasteiger partial charge on any atom is 0.251 e. The third-order valence-corrected chi connectivity index (χ3v) is 11.6. The Morgan fingerprint density at radius 1 is 1.17 bits per heavy atom. The molecular formula is C34H49N3O4S. The number of nitrogens with zero attached hydrogens (tertiary/aromatic N) is 3. The molecule has 3 aliphatic heterocycles. The van der Waals surface area contributed by atoms with Crippen LogP contribution in [0.15, 0.2) is 43.5 Å². The number of likely N-dealkylation sites (tertiary alicyclic amines) is 1. The Bertz CT molecular complexity index is 1200. The highest BCUT2D eigenvalue weighted by atomic mass is 32.2. The molecule has 0 saturated carbocycles. The topological polar surface area (TPSA) is 81.2 Å². The highest BCUT2D eigenvalue weighted by molar-refractivity contribution is 8.02. The zero-order chi connectivity index (χ0) is 30.9. The van der Waals surface area contributed by atoms with Crippen LogP contribution in [0.1, 0.15) is 58.1 Å². The molecule has 0 aromatic heterocycles. The van der Waals surface area contributed by atoms with Crippen LogP contribution in [-0.2, 0) is 14.4 Å². The molecule has 7 nitrogen and oxygen atoms in total. The van der Waals surface area contributed by atoms with Gasteiger partial charge in [-0.05, 0) is 56.1 Å². The van der Waals surface area contributed by atoms with E-state index in [1.807, 2.05) is 43.9 Å². The maximum atomic E-state index is 15.1. The summed E-state index contributed by atoms with van der Waals surface area (Å²) in [5, 5.41) is 10.6. The van der Waals surface area contributed by atoms with Gasteiger partial charge in [-0.3, -0.25) is 14.4 Å². The third kappa shape index (κ3) is 5.23. The van der Waals surface area contributed by atoms with Gasteiger partial charge in [0, 0.05) is 30.6 Å². The second-order valence-electron chi connectivity index (χ2n) is 12.8. The van der Waals surface area contributed by atoms with Gasteiger partial charge in [-0.1, -0.05) is 58.0 Å². The first-order valence-corrected chi connectivity index (χ1v) is 16.4. The summed E-state index contributed by atoms with van der Waals surface area (Å²) in [5.74, 6) is -1.21. The Morgan fingerprint density at radius 3 is 2.36 bits per heavy atom. The minimum Gasteiger partial charge on any atom is -0.394 e. The average Bonchev–Trinajstić information content (AvgIpc) is 3.53. The van der Waals surface area contributed by atoms with Crippen molar-refractivity contribution in [1.29, 1.82) is 0 Å². The first-order chi connectivity index (χ1) is 20.0. The van der Waals surface area contributed by atoms with E-state index in [0.29, 0.717) is 26.1 Å². The number of aryl methyl sites for hydroxylation is 2. The molecule has 3 unspecified atom stereocenters. The van der Waals surface area contributed by atoms with Crippen molar-refractivity contribution >= 4 is 35.2 Å². The molecule has 4 rings (SSSR count). The van der Waals surface area contributed by atoms with Crippen molar-refractivity contribution in [2.75, 3.05) is 31.1 Å². The lowest BCUT2D eigenvalue weighted by Gasteiger charge is -2.42. The van der Waals surface area contributed by atoms with Gasteiger partial charge in [0.05, 0.1) is 29.2 Å². The van der Waals surface area contributed by atoms with E-state index in [1.165, 1.54) is 0 Å². The van der Waals surface area contributed by atoms with Gasteiger partial charge >= 0.3 is 0 Å². The summed E-state index contributed by atoms with van der Waals surface area (Å²) in [6.45, 7) is 21.2. The molecule has 1 aromatic carbocycles. The Kier molecular flexibility index (Phi) is 9.98. The van der Waals surface area contributed by atoms with Crippen LogP contribution in [0.3, 0.4) is 0 Å². The first kappa shape index (κ1) is 32.3. The van der Waals surface area contributed by atoms with Crippen LogP contribution in [0.4, 0.5) is 5.69 Å². The predicted octanol–water partition coefficient (Wildman–Crippen LogP) is 4.99. The van der Waals surface area contributed by atoms with E-state index in [2.05, 4.69) is 33.9 Å². The number of aliphatic hydroxyl groups excluding tert-OH is 1. The van der Waals surface area contributed by atoms with E-state index in [9.17, 15) is 14.7 Å². The number of carbonyl (C=O) groups excluding carboxylic acids is 3. The summed E-state index contributed by atoms with van der Waals surface area (Å²) in [5.41, 5.74) is 2.78. The SMILES string of the molecule is C=CCN(CCC)C(=O)[C@@H]1[C@@H]2CC(C)C3(S2)C(C(=O)N(CC=C)c2c(C)cccc2C)N([C@@H](CO)CC(C)C)C(=O)[C@H]13. The van der Waals surface area contributed by atoms with Gasteiger partial charge in [0.2, 0.25) is 11.8 Å². The molecule has 3 aliphatic rings. The summed E-state index contributed by atoms with van der Waals surface area (Å²) in [6, 6.07) is 4.65. The number of benzene rings is 1. The van der Waals surface area contributed by atoms with Gasteiger partial charge in [-0.15, -0.1) is 24.9 Å². The van der Waals surface area contributed by atoms with Gasteiger partial charge in [0.25, 0.3) is 5.91 Å². The maximum absolute atomic E-state index is 15.1. The summed E-state index contributed by atoms with van der Waals surface area (Å²) in [7, 11) is 0. The molecule has 1 spiro atoms. The highest BCUT2D eigenvalue weighted by Gasteiger charge is 2.77. The minimum absolute atomic E-state index is 0.0171. The molecule has 230 valence electrons. The number of para-hydroxylation sites is 1. The van der Waals surface area contributed by atoms with E-state index in [0.717, 1.165) is 29.7 Å². The monoisotopic (exact) mass is 595 g/mol. The lowest BCUT2D eigenvalue weighted by Crippen LogP contribution is -2.59. The van der Waals surface area contributed by atoms with Gasteiger partial charge in [0.1, 0.15) is 6.04 Å².